The second-order valence-corrected chi connectivity index (χ2v) is 5.85. The van der Waals surface area contributed by atoms with Crippen molar-refractivity contribution in [2.24, 2.45) is 0 Å². The number of H-pyrrole nitrogens is 1. The van der Waals surface area contributed by atoms with E-state index >= 15 is 0 Å². The van der Waals surface area contributed by atoms with Crippen molar-refractivity contribution in [1.82, 2.24) is 10.3 Å². The van der Waals surface area contributed by atoms with Crippen molar-refractivity contribution in [3.63, 3.8) is 0 Å². The number of carbonyl (C=O) groups is 2. The fourth-order valence-electron chi connectivity index (χ4n) is 2.82. The quantitative estimate of drug-likeness (QED) is 0.524. The van der Waals surface area contributed by atoms with Crippen LogP contribution < -0.4 is 5.32 Å². The van der Waals surface area contributed by atoms with Gasteiger partial charge in [-0.3, -0.25) is 4.79 Å². The molecule has 0 spiro atoms. The molecule has 1 atom stereocenters. The monoisotopic (exact) mass is 354 g/mol. The lowest BCUT2D eigenvalue weighted by molar-refractivity contribution is -0.142. The number of hydrogen-bond acceptors (Lipinski definition) is 5. The molecule has 0 unspecified atom stereocenters. The van der Waals surface area contributed by atoms with Crippen LogP contribution >= 0.6 is 0 Å². The van der Waals surface area contributed by atoms with Crippen molar-refractivity contribution in [3.05, 3.63) is 59.8 Å². The predicted octanol–water partition coefficient (Wildman–Crippen LogP) is 2.09. The van der Waals surface area contributed by atoms with Gasteiger partial charge >= 0.3 is 5.97 Å². The number of benzene rings is 2. The molecule has 1 heterocycles. The summed E-state index contributed by atoms with van der Waals surface area (Å²) in [4.78, 5) is 27.7. The number of methoxy groups -OCH3 is 1. The molecule has 0 bridgehead atoms. The number of rotatable bonds is 5. The van der Waals surface area contributed by atoms with Crippen LogP contribution in [-0.2, 0) is 16.0 Å². The Bertz CT molecular complexity index is 943. The number of hydrogen-bond donors (Lipinski definition) is 4. The van der Waals surface area contributed by atoms with Gasteiger partial charge < -0.3 is 25.3 Å². The summed E-state index contributed by atoms with van der Waals surface area (Å²) in [6, 6.07) is 10.2. The highest BCUT2D eigenvalue weighted by molar-refractivity contribution is 5.97. The van der Waals surface area contributed by atoms with E-state index in [4.69, 9.17) is 4.74 Å². The van der Waals surface area contributed by atoms with E-state index in [9.17, 15) is 19.8 Å². The molecular formula is C19H18N2O5. The zero-order chi connectivity index (χ0) is 18.7. The van der Waals surface area contributed by atoms with Gasteiger partial charge in [-0.05, 0) is 23.8 Å². The molecule has 0 fully saturated rings. The van der Waals surface area contributed by atoms with Crippen LogP contribution in [0.2, 0.25) is 0 Å². The Morgan fingerprint density at radius 1 is 1.15 bits per heavy atom. The average Bonchev–Trinajstić information content (AvgIpc) is 3.02. The van der Waals surface area contributed by atoms with Crippen molar-refractivity contribution < 1.29 is 24.5 Å². The minimum absolute atomic E-state index is 0.0373. The summed E-state index contributed by atoms with van der Waals surface area (Å²) in [5.41, 5.74) is 1.82. The molecule has 0 radical (unpaired) electrons. The van der Waals surface area contributed by atoms with Crippen molar-refractivity contribution in [1.29, 1.82) is 0 Å². The van der Waals surface area contributed by atoms with Crippen molar-refractivity contribution in [2.45, 2.75) is 12.5 Å². The summed E-state index contributed by atoms with van der Waals surface area (Å²) in [6.45, 7) is 0. The molecule has 26 heavy (non-hydrogen) atoms. The number of fused-ring (bicyclic) bond motifs is 1. The number of phenolic OH excluding ortho intramolecular Hbond substituents is 2. The first-order valence-electron chi connectivity index (χ1n) is 7.94. The van der Waals surface area contributed by atoms with Gasteiger partial charge in [0, 0.05) is 35.2 Å². The van der Waals surface area contributed by atoms with Crippen LogP contribution in [0, 0.1) is 0 Å². The van der Waals surface area contributed by atoms with E-state index < -0.39 is 17.9 Å². The van der Waals surface area contributed by atoms with Crippen LogP contribution in [-0.4, -0.2) is 40.2 Å². The SMILES string of the molecule is COC(=O)[C@@H](Cc1c[nH]c2ccccc12)NC(=O)c1cc(O)cc(O)c1. The third kappa shape index (κ3) is 3.61. The number of carbonyl (C=O) groups excluding carboxylic acids is 2. The van der Waals surface area contributed by atoms with Crippen LogP contribution in [0.4, 0.5) is 0 Å². The van der Waals surface area contributed by atoms with E-state index in [-0.39, 0.29) is 23.5 Å². The molecule has 7 nitrogen and oxygen atoms in total. The third-order valence-electron chi connectivity index (χ3n) is 4.05. The van der Waals surface area contributed by atoms with Gasteiger partial charge in [0.2, 0.25) is 0 Å². The van der Waals surface area contributed by atoms with E-state index in [1.54, 1.807) is 6.20 Å². The van der Waals surface area contributed by atoms with Crippen LogP contribution in [0.25, 0.3) is 10.9 Å². The molecule has 134 valence electrons. The van der Waals surface area contributed by atoms with Gasteiger partial charge in [-0.1, -0.05) is 18.2 Å². The molecule has 0 aliphatic carbocycles. The Morgan fingerprint density at radius 2 is 1.85 bits per heavy atom. The van der Waals surface area contributed by atoms with Crippen LogP contribution in [0.3, 0.4) is 0 Å². The number of nitrogens with one attached hydrogen (secondary N) is 2. The summed E-state index contributed by atoms with van der Waals surface area (Å²) in [6.07, 6.45) is 2.01. The fourth-order valence-corrected chi connectivity index (χ4v) is 2.82. The predicted molar refractivity (Wildman–Crippen MR) is 95.0 cm³/mol. The molecule has 3 rings (SSSR count). The molecule has 1 amide bonds. The number of aromatic nitrogens is 1. The molecule has 3 aromatic rings. The number of amides is 1. The second-order valence-electron chi connectivity index (χ2n) is 5.85. The Hall–Kier alpha value is -3.48. The highest BCUT2D eigenvalue weighted by Crippen LogP contribution is 2.22. The van der Waals surface area contributed by atoms with Gasteiger partial charge in [0.1, 0.15) is 17.5 Å². The first-order chi connectivity index (χ1) is 12.5. The van der Waals surface area contributed by atoms with Crippen LogP contribution in [0.5, 0.6) is 11.5 Å². The molecule has 0 saturated carbocycles. The zero-order valence-electron chi connectivity index (χ0n) is 14.0. The van der Waals surface area contributed by atoms with Gasteiger partial charge in [-0.25, -0.2) is 4.79 Å². The summed E-state index contributed by atoms with van der Waals surface area (Å²) in [5.74, 6) is -1.69. The van der Waals surface area contributed by atoms with E-state index in [2.05, 4.69) is 10.3 Å². The first kappa shape index (κ1) is 17.3. The topological polar surface area (TPSA) is 112 Å². The molecule has 0 saturated heterocycles. The number of para-hydroxylation sites is 1. The largest absolute Gasteiger partial charge is 0.508 e. The summed E-state index contributed by atoms with van der Waals surface area (Å²) < 4.78 is 4.79. The summed E-state index contributed by atoms with van der Waals surface area (Å²) in [7, 11) is 1.25. The Labute approximate surface area is 149 Å². The van der Waals surface area contributed by atoms with Gasteiger partial charge in [-0.15, -0.1) is 0 Å². The van der Waals surface area contributed by atoms with Crippen LogP contribution in [0.1, 0.15) is 15.9 Å². The molecule has 4 N–H and O–H groups in total. The summed E-state index contributed by atoms with van der Waals surface area (Å²) in [5, 5.41) is 22.6. The standard InChI is InChI=1S/C19H18N2O5/c1-26-19(25)17(8-12-10-20-16-5-3-2-4-15(12)16)21-18(24)11-6-13(22)9-14(23)7-11/h2-7,9-10,17,20,22-23H,8H2,1H3,(H,21,24)/t17-/m1/s1. The number of esters is 1. The third-order valence-corrected chi connectivity index (χ3v) is 4.05. The van der Waals surface area contributed by atoms with E-state index in [0.717, 1.165) is 22.5 Å². The van der Waals surface area contributed by atoms with Gasteiger partial charge in [0.25, 0.3) is 5.91 Å². The smallest absolute Gasteiger partial charge is 0.328 e. The first-order valence-corrected chi connectivity index (χ1v) is 7.94. The number of ether oxygens (including phenoxy) is 1. The average molecular weight is 354 g/mol. The number of aromatic amines is 1. The van der Waals surface area contributed by atoms with Gasteiger partial charge in [0.05, 0.1) is 7.11 Å². The lowest BCUT2D eigenvalue weighted by atomic mass is 10.0. The Morgan fingerprint density at radius 3 is 2.54 bits per heavy atom. The second kappa shape index (κ2) is 7.18. The number of aromatic hydroxyl groups is 2. The van der Waals surface area contributed by atoms with Gasteiger partial charge in [0.15, 0.2) is 0 Å². The molecule has 2 aromatic carbocycles. The van der Waals surface area contributed by atoms with E-state index in [1.807, 2.05) is 24.3 Å². The lowest BCUT2D eigenvalue weighted by Gasteiger charge is -2.16. The highest BCUT2D eigenvalue weighted by Gasteiger charge is 2.24. The van der Waals surface area contributed by atoms with E-state index in [1.165, 1.54) is 19.2 Å². The highest BCUT2D eigenvalue weighted by atomic mass is 16.5. The molecule has 1 aromatic heterocycles. The van der Waals surface area contributed by atoms with Gasteiger partial charge in [-0.2, -0.15) is 0 Å². The maximum absolute atomic E-state index is 12.4. The van der Waals surface area contributed by atoms with Crippen molar-refractivity contribution in [2.75, 3.05) is 7.11 Å². The molecule has 7 heteroatoms. The minimum Gasteiger partial charge on any atom is -0.508 e. The number of phenols is 2. The van der Waals surface area contributed by atoms with Crippen molar-refractivity contribution >= 4 is 22.8 Å². The molecular weight excluding hydrogens is 336 g/mol. The Balaban J connectivity index is 1.84. The summed E-state index contributed by atoms with van der Waals surface area (Å²) >= 11 is 0. The molecule has 0 aliphatic rings. The normalized spacial score (nSPS) is 11.9. The zero-order valence-corrected chi connectivity index (χ0v) is 14.0. The van der Waals surface area contributed by atoms with Crippen LogP contribution in [0.15, 0.2) is 48.7 Å². The Kier molecular flexibility index (Phi) is 4.79. The maximum atomic E-state index is 12.4. The van der Waals surface area contributed by atoms with Crippen molar-refractivity contribution in [3.8, 4) is 11.5 Å². The lowest BCUT2D eigenvalue weighted by Crippen LogP contribution is -2.43. The maximum Gasteiger partial charge on any atom is 0.328 e. The fraction of sp³-hybridized carbons (Fsp3) is 0.158. The van der Waals surface area contributed by atoms with E-state index in [0.29, 0.717) is 0 Å². The minimum atomic E-state index is -0.920. The molecule has 0 aliphatic heterocycles.